The SMILES string of the molecule is N#Cc1cnccc1N1CCCC(O)(C(=O)N2CCCC2)C1. The summed E-state index contributed by atoms with van der Waals surface area (Å²) in [5, 5.41) is 20.1. The molecule has 116 valence electrons. The topological polar surface area (TPSA) is 80.5 Å². The highest BCUT2D eigenvalue weighted by Crippen LogP contribution is 2.30. The molecule has 0 spiro atoms. The zero-order valence-electron chi connectivity index (χ0n) is 12.5. The number of nitriles is 1. The average Bonchev–Trinajstić information content (AvgIpc) is 3.08. The van der Waals surface area contributed by atoms with Crippen LogP contribution in [0.1, 0.15) is 31.2 Å². The minimum Gasteiger partial charge on any atom is -0.378 e. The fourth-order valence-electron chi connectivity index (χ4n) is 3.38. The molecule has 3 heterocycles. The van der Waals surface area contributed by atoms with Gasteiger partial charge in [0, 0.05) is 32.0 Å². The van der Waals surface area contributed by atoms with Gasteiger partial charge in [-0.25, -0.2) is 0 Å². The third-order valence-corrected chi connectivity index (χ3v) is 4.52. The minimum absolute atomic E-state index is 0.165. The molecule has 1 aromatic rings. The molecule has 22 heavy (non-hydrogen) atoms. The summed E-state index contributed by atoms with van der Waals surface area (Å²) in [6, 6.07) is 3.89. The van der Waals surface area contributed by atoms with E-state index < -0.39 is 5.60 Å². The maximum absolute atomic E-state index is 12.6. The van der Waals surface area contributed by atoms with Gasteiger partial charge in [0.1, 0.15) is 6.07 Å². The fraction of sp³-hybridized carbons (Fsp3) is 0.562. The van der Waals surface area contributed by atoms with E-state index in [0.29, 0.717) is 12.0 Å². The number of pyridine rings is 1. The first kappa shape index (κ1) is 14.8. The van der Waals surface area contributed by atoms with Crippen molar-refractivity contribution < 1.29 is 9.90 Å². The lowest BCUT2D eigenvalue weighted by Crippen LogP contribution is -2.57. The summed E-state index contributed by atoms with van der Waals surface area (Å²) in [4.78, 5) is 20.3. The molecule has 2 saturated heterocycles. The molecular formula is C16H20N4O2. The number of piperidine rings is 1. The van der Waals surface area contributed by atoms with E-state index in [1.54, 1.807) is 17.2 Å². The van der Waals surface area contributed by atoms with Gasteiger partial charge in [-0.15, -0.1) is 0 Å². The van der Waals surface area contributed by atoms with Gasteiger partial charge < -0.3 is 14.9 Å². The molecular weight excluding hydrogens is 280 g/mol. The molecule has 6 heteroatoms. The van der Waals surface area contributed by atoms with Gasteiger partial charge in [-0.2, -0.15) is 5.26 Å². The van der Waals surface area contributed by atoms with Crippen LogP contribution in [0.25, 0.3) is 0 Å². The Bertz CT molecular complexity index is 606. The van der Waals surface area contributed by atoms with Crippen molar-refractivity contribution in [3.8, 4) is 6.07 Å². The first-order chi connectivity index (χ1) is 10.6. The molecule has 1 atom stereocenters. The molecule has 0 radical (unpaired) electrons. The number of rotatable bonds is 2. The Labute approximate surface area is 130 Å². The Morgan fingerprint density at radius 2 is 2.09 bits per heavy atom. The molecule has 0 aliphatic carbocycles. The normalized spacial score (nSPS) is 25.1. The van der Waals surface area contributed by atoms with Crippen LogP contribution in [0, 0.1) is 11.3 Å². The number of amides is 1. The Morgan fingerprint density at radius 3 is 2.82 bits per heavy atom. The summed E-state index contributed by atoms with van der Waals surface area (Å²) in [5.74, 6) is -0.165. The van der Waals surface area contributed by atoms with E-state index in [1.807, 2.05) is 4.90 Å². The Morgan fingerprint density at radius 1 is 1.32 bits per heavy atom. The number of aromatic nitrogens is 1. The van der Waals surface area contributed by atoms with Crippen molar-refractivity contribution >= 4 is 11.6 Å². The summed E-state index contributed by atoms with van der Waals surface area (Å²) in [7, 11) is 0. The van der Waals surface area contributed by atoms with Crippen molar-refractivity contribution in [2.45, 2.75) is 31.3 Å². The van der Waals surface area contributed by atoms with Crippen molar-refractivity contribution in [1.82, 2.24) is 9.88 Å². The number of aliphatic hydroxyl groups is 1. The molecule has 1 aromatic heterocycles. The van der Waals surface area contributed by atoms with E-state index >= 15 is 0 Å². The fourth-order valence-corrected chi connectivity index (χ4v) is 3.38. The first-order valence-corrected chi connectivity index (χ1v) is 7.75. The maximum atomic E-state index is 12.6. The van der Waals surface area contributed by atoms with Crippen LogP contribution in [-0.2, 0) is 4.79 Å². The van der Waals surface area contributed by atoms with Crippen molar-refractivity contribution in [1.29, 1.82) is 5.26 Å². The Hall–Kier alpha value is -2.13. The third-order valence-electron chi connectivity index (χ3n) is 4.52. The zero-order valence-corrected chi connectivity index (χ0v) is 12.5. The highest BCUT2D eigenvalue weighted by molar-refractivity contribution is 5.86. The van der Waals surface area contributed by atoms with Crippen molar-refractivity contribution in [3.63, 3.8) is 0 Å². The van der Waals surface area contributed by atoms with E-state index in [2.05, 4.69) is 11.1 Å². The number of hydrogen-bond acceptors (Lipinski definition) is 5. The lowest BCUT2D eigenvalue weighted by molar-refractivity contribution is -0.151. The van der Waals surface area contributed by atoms with Crippen LogP contribution in [-0.4, -0.2) is 52.7 Å². The largest absolute Gasteiger partial charge is 0.378 e. The van der Waals surface area contributed by atoms with Crippen LogP contribution in [0.4, 0.5) is 5.69 Å². The van der Waals surface area contributed by atoms with E-state index in [4.69, 9.17) is 0 Å². The first-order valence-electron chi connectivity index (χ1n) is 7.75. The van der Waals surface area contributed by atoms with E-state index in [-0.39, 0.29) is 12.5 Å². The van der Waals surface area contributed by atoms with Crippen LogP contribution < -0.4 is 4.90 Å². The molecule has 2 aliphatic rings. The van der Waals surface area contributed by atoms with Crippen LogP contribution in [0.2, 0.25) is 0 Å². The highest BCUT2D eigenvalue weighted by atomic mass is 16.3. The van der Waals surface area contributed by atoms with Gasteiger partial charge in [-0.05, 0) is 31.7 Å². The van der Waals surface area contributed by atoms with E-state index in [1.165, 1.54) is 6.20 Å². The molecule has 0 bridgehead atoms. The number of carbonyl (C=O) groups excluding carboxylic acids is 1. The molecule has 6 nitrogen and oxygen atoms in total. The summed E-state index contributed by atoms with van der Waals surface area (Å²) >= 11 is 0. The number of likely N-dealkylation sites (tertiary alicyclic amines) is 1. The average molecular weight is 300 g/mol. The maximum Gasteiger partial charge on any atom is 0.256 e. The molecule has 1 amide bonds. The lowest BCUT2D eigenvalue weighted by Gasteiger charge is -2.41. The minimum atomic E-state index is -1.35. The number of anilines is 1. The molecule has 2 fully saturated rings. The molecule has 2 aliphatic heterocycles. The van der Waals surface area contributed by atoms with Crippen LogP contribution in [0.15, 0.2) is 18.5 Å². The number of hydrogen-bond donors (Lipinski definition) is 1. The monoisotopic (exact) mass is 300 g/mol. The summed E-state index contributed by atoms with van der Waals surface area (Å²) in [6.45, 7) is 2.44. The van der Waals surface area contributed by atoms with Gasteiger partial charge in [-0.3, -0.25) is 9.78 Å². The quantitative estimate of drug-likeness (QED) is 0.878. The van der Waals surface area contributed by atoms with Gasteiger partial charge in [0.2, 0.25) is 0 Å². The smallest absolute Gasteiger partial charge is 0.256 e. The van der Waals surface area contributed by atoms with Crippen molar-refractivity contribution in [2.24, 2.45) is 0 Å². The lowest BCUT2D eigenvalue weighted by atomic mass is 9.90. The molecule has 1 unspecified atom stereocenters. The molecule has 3 rings (SSSR count). The van der Waals surface area contributed by atoms with Gasteiger partial charge in [-0.1, -0.05) is 0 Å². The van der Waals surface area contributed by atoms with Gasteiger partial charge in [0.15, 0.2) is 5.60 Å². The van der Waals surface area contributed by atoms with Gasteiger partial charge >= 0.3 is 0 Å². The molecule has 1 N–H and O–H groups in total. The third kappa shape index (κ3) is 2.64. The van der Waals surface area contributed by atoms with Crippen LogP contribution >= 0.6 is 0 Å². The molecule has 0 aromatic carbocycles. The second kappa shape index (κ2) is 5.93. The Balaban J connectivity index is 1.81. The van der Waals surface area contributed by atoms with Gasteiger partial charge in [0.25, 0.3) is 5.91 Å². The van der Waals surface area contributed by atoms with Crippen LogP contribution in [0.3, 0.4) is 0 Å². The standard InChI is InChI=1S/C16H20N4O2/c17-10-13-11-18-6-4-14(13)20-9-3-5-16(22,12-20)15(21)19-7-1-2-8-19/h4,6,11,22H,1-3,5,7-9,12H2. The highest BCUT2D eigenvalue weighted by Gasteiger charge is 2.43. The van der Waals surface area contributed by atoms with Crippen LogP contribution in [0.5, 0.6) is 0 Å². The summed E-state index contributed by atoms with van der Waals surface area (Å²) in [5.41, 5.74) is -0.135. The van der Waals surface area contributed by atoms with Gasteiger partial charge in [0.05, 0.1) is 17.8 Å². The number of nitrogens with zero attached hydrogens (tertiary/aromatic N) is 4. The van der Waals surface area contributed by atoms with Crippen molar-refractivity contribution in [3.05, 3.63) is 24.0 Å². The summed E-state index contributed by atoms with van der Waals surface area (Å²) < 4.78 is 0. The van der Waals surface area contributed by atoms with E-state index in [0.717, 1.165) is 44.6 Å². The summed E-state index contributed by atoms with van der Waals surface area (Å²) in [6.07, 6.45) is 6.37. The van der Waals surface area contributed by atoms with Crippen molar-refractivity contribution in [2.75, 3.05) is 31.1 Å². The second-order valence-corrected chi connectivity index (χ2v) is 6.06. The predicted molar refractivity (Wildman–Crippen MR) is 81.2 cm³/mol. The zero-order chi connectivity index (χ0) is 15.6. The Kier molecular flexibility index (Phi) is 3.99. The number of β-amino-alcohol motifs (C(OH)–C–C–N with tert-alkyl or cyclic N) is 1. The molecule has 0 saturated carbocycles. The number of carbonyl (C=O) groups is 1. The predicted octanol–water partition coefficient (Wildman–Crippen LogP) is 0.907. The van der Waals surface area contributed by atoms with E-state index in [9.17, 15) is 15.2 Å². The second-order valence-electron chi connectivity index (χ2n) is 6.06.